The highest BCUT2D eigenvalue weighted by molar-refractivity contribution is 7.17. The zero-order valence-corrected chi connectivity index (χ0v) is 10.1. The SMILES string of the molecule is O=c1[nH]c(COc2cccnc2)nc2ccsc12. The van der Waals surface area contributed by atoms with Crippen molar-refractivity contribution < 1.29 is 4.74 Å². The lowest BCUT2D eigenvalue weighted by Gasteiger charge is -2.04. The van der Waals surface area contributed by atoms with Gasteiger partial charge in [-0.05, 0) is 23.6 Å². The lowest BCUT2D eigenvalue weighted by atomic mass is 10.4. The van der Waals surface area contributed by atoms with Gasteiger partial charge in [0.25, 0.3) is 5.56 Å². The van der Waals surface area contributed by atoms with Crippen molar-refractivity contribution in [3.05, 3.63) is 52.2 Å². The third-order valence-electron chi connectivity index (χ3n) is 2.37. The fourth-order valence-electron chi connectivity index (χ4n) is 1.57. The van der Waals surface area contributed by atoms with Crippen LogP contribution < -0.4 is 10.3 Å². The van der Waals surface area contributed by atoms with Crippen molar-refractivity contribution in [3.8, 4) is 5.75 Å². The van der Waals surface area contributed by atoms with Gasteiger partial charge in [-0.3, -0.25) is 9.78 Å². The van der Waals surface area contributed by atoms with Crippen molar-refractivity contribution in [2.45, 2.75) is 6.61 Å². The van der Waals surface area contributed by atoms with E-state index in [4.69, 9.17) is 4.74 Å². The molecule has 0 amide bonds. The normalized spacial score (nSPS) is 10.7. The van der Waals surface area contributed by atoms with Crippen LogP contribution in [0.4, 0.5) is 0 Å². The summed E-state index contributed by atoms with van der Waals surface area (Å²) in [6.45, 7) is 0.215. The molecule has 0 spiro atoms. The van der Waals surface area contributed by atoms with E-state index in [-0.39, 0.29) is 12.2 Å². The summed E-state index contributed by atoms with van der Waals surface area (Å²) in [4.78, 5) is 22.7. The van der Waals surface area contributed by atoms with E-state index >= 15 is 0 Å². The number of H-pyrrole nitrogens is 1. The van der Waals surface area contributed by atoms with Gasteiger partial charge >= 0.3 is 0 Å². The number of ether oxygens (including phenoxy) is 1. The summed E-state index contributed by atoms with van der Waals surface area (Å²) in [5, 5.41) is 1.85. The number of rotatable bonds is 3. The predicted octanol–water partition coefficient (Wildman–Crippen LogP) is 1.96. The Morgan fingerprint density at radius 2 is 2.33 bits per heavy atom. The topological polar surface area (TPSA) is 67.9 Å². The lowest BCUT2D eigenvalue weighted by molar-refractivity contribution is 0.295. The fourth-order valence-corrected chi connectivity index (χ4v) is 2.30. The number of aromatic nitrogens is 3. The summed E-state index contributed by atoms with van der Waals surface area (Å²) in [7, 11) is 0. The van der Waals surface area contributed by atoms with Gasteiger partial charge in [0.1, 0.15) is 22.9 Å². The van der Waals surface area contributed by atoms with Gasteiger partial charge in [0.05, 0.1) is 11.7 Å². The van der Waals surface area contributed by atoms with Gasteiger partial charge in [0.15, 0.2) is 0 Å². The Morgan fingerprint density at radius 3 is 3.17 bits per heavy atom. The fraction of sp³-hybridized carbons (Fsp3) is 0.0833. The van der Waals surface area contributed by atoms with Gasteiger partial charge < -0.3 is 9.72 Å². The smallest absolute Gasteiger partial charge is 0.268 e. The first-order valence-corrected chi connectivity index (χ1v) is 6.20. The molecule has 90 valence electrons. The molecule has 0 fully saturated rings. The summed E-state index contributed by atoms with van der Waals surface area (Å²) in [5.41, 5.74) is 0.577. The van der Waals surface area contributed by atoms with Gasteiger partial charge in [-0.2, -0.15) is 0 Å². The minimum Gasteiger partial charge on any atom is -0.484 e. The van der Waals surface area contributed by atoms with Crippen LogP contribution in [0.25, 0.3) is 10.2 Å². The van der Waals surface area contributed by atoms with E-state index in [0.29, 0.717) is 21.8 Å². The number of hydrogen-bond donors (Lipinski definition) is 1. The third kappa shape index (κ3) is 2.10. The van der Waals surface area contributed by atoms with Gasteiger partial charge in [-0.15, -0.1) is 11.3 Å². The Balaban J connectivity index is 1.85. The van der Waals surface area contributed by atoms with Crippen LogP contribution in [0.3, 0.4) is 0 Å². The molecule has 18 heavy (non-hydrogen) atoms. The zero-order valence-electron chi connectivity index (χ0n) is 9.29. The minimum atomic E-state index is -0.125. The molecule has 0 aliphatic rings. The molecule has 3 heterocycles. The first-order chi connectivity index (χ1) is 8.83. The number of nitrogens with one attached hydrogen (secondary N) is 1. The van der Waals surface area contributed by atoms with Gasteiger partial charge in [0, 0.05) is 6.20 Å². The van der Waals surface area contributed by atoms with Gasteiger partial charge in [-0.25, -0.2) is 4.98 Å². The Labute approximate surface area is 106 Å². The van der Waals surface area contributed by atoms with Crippen molar-refractivity contribution in [2.24, 2.45) is 0 Å². The highest BCUT2D eigenvalue weighted by Crippen LogP contribution is 2.14. The van der Waals surface area contributed by atoms with Crippen LogP contribution in [0.1, 0.15) is 5.82 Å². The van der Waals surface area contributed by atoms with Gasteiger partial charge in [0.2, 0.25) is 0 Å². The van der Waals surface area contributed by atoms with E-state index in [2.05, 4.69) is 15.0 Å². The summed E-state index contributed by atoms with van der Waals surface area (Å²) in [5.74, 6) is 1.15. The second-order valence-corrected chi connectivity index (χ2v) is 4.54. The molecule has 0 bridgehead atoms. The molecule has 0 saturated heterocycles. The van der Waals surface area contributed by atoms with Crippen LogP contribution in [-0.2, 0) is 6.61 Å². The summed E-state index contributed by atoms with van der Waals surface area (Å²) in [6.07, 6.45) is 3.28. The molecule has 0 unspecified atom stereocenters. The molecular formula is C12H9N3O2S. The van der Waals surface area contributed by atoms with E-state index in [1.165, 1.54) is 11.3 Å². The molecule has 3 aromatic rings. The van der Waals surface area contributed by atoms with E-state index in [0.717, 1.165) is 0 Å². The molecule has 0 aromatic carbocycles. The van der Waals surface area contributed by atoms with Crippen LogP contribution in [0.5, 0.6) is 5.75 Å². The number of hydrogen-bond acceptors (Lipinski definition) is 5. The largest absolute Gasteiger partial charge is 0.484 e. The number of aromatic amines is 1. The average Bonchev–Trinajstić information content (AvgIpc) is 2.86. The number of nitrogens with zero attached hydrogens (tertiary/aromatic N) is 2. The average molecular weight is 259 g/mol. The molecule has 0 atom stereocenters. The Kier molecular flexibility index (Phi) is 2.77. The predicted molar refractivity (Wildman–Crippen MR) is 68.8 cm³/mol. The molecule has 3 aromatic heterocycles. The number of pyridine rings is 1. The van der Waals surface area contributed by atoms with Crippen LogP contribution in [-0.4, -0.2) is 15.0 Å². The van der Waals surface area contributed by atoms with Crippen molar-refractivity contribution in [1.82, 2.24) is 15.0 Å². The van der Waals surface area contributed by atoms with E-state index in [1.54, 1.807) is 24.5 Å². The van der Waals surface area contributed by atoms with Gasteiger partial charge in [-0.1, -0.05) is 0 Å². The van der Waals surface area contributed by atoms with Crippen LogP contribution in [0.2, 0.25) is 0 Å². The second kappa shape index (κ2) is 4.58. The first kappa shape index (κ1) is 10.9. The molecule has 0 saturated carbocycles. The highest BCUT2D eigenvalue weighted by atomic mass is 32.1. The summed E-state index contributed by atoms with van der Waals surface area (Å²) in [6, 6.07) is 5.41. The van der Waals surface area contributed by atoms with Crippen LogP contribution >= 0.6 is 11.3 Å². The Bertz CT molecular complexity index is 721. The number of thiophene rings is 1. The molecule has 5 nitrogen and oxygen atoms in total. The summed E-state index contributed by atoms with van der Waals surface area (Å²) >= 11 is 1.38. The Morgan fingerprint density at radius 1 is 1.39 bits per heavy atom. The lowest BCUT2D eigenvalue weighted by Crippen LogP contribution is -2.12. The zero-order chi connectivity index (χ0) is 12.4. The van der Waals surface area contributed by atoms with E-state index in [1.807, 2.05) is 11.4 Å². The van der Waals surface area contributed by atoms with Crippen molar-refractivity contribution >= 4 is 21.6 Å². The maximum absolute atomic E-state index is 11.7. The minimum absolute atomic E-state index is 0.125. The molecule has 6 heteroatoms. The van der Waals surface area contributed by atoms with Crippen LogP contribution in [0.15, 0.2) is 40.8 Å². The molecule has 0 aliphatic carbocycles. The Hall–Kier alpha value is -2.21. The monoisotopic (exact) mass is 259 g/mol. The standard InChI is InChI=1S/C12H9N3O2S/c16-12-11-9(3-5-18-11)14-10(15-12)7-17-8-2-1-4-13-6-8/h1-6H,7H2,(H,14,15,16). The van der Waals surface area contributed by atoms with Crippen LogP contribution in [0, 0.1) is 0 Å². The second-order valence-electron chi connectivity index (χ2n) is 3.62. The van der Waals surface area contributed by atoms with E-state index < -0.39 is 0 Å². The molecular weight excluding hydrogens is 250 g/mol. The molecule has 1 N–H and O–H groups in total. The third-order valence-corrected chi connectivity index (χ3v) is 3.28. The first-order valence-electron chi connectivity index (χ1n) is 5.32. The quantitative estimate of drug-likeness (QED) is 0.780. The summed E-state index contributed by atoms with van der Waals surface area (Å²) < 4.78 is 6.12. The highest BCUT2D eigenvalue weighted by Gasteiger charge is 2.05. The van der Waals surface area contributed by atoms with E-state index in [9.17, 15) is 4.79 Å². The molecule has 3 rings (SSSR count). The number of fused-ring (bicyclic) bond motifs is 1. The van der Waals surface area contributed by atoms with Crippen molar-refractivity contribution in [1.29, 1.82) is 0 Å². The maximum atomic E-state index is 11.7. The molecule has 0 aliphatic heterocycles. The molecule has 0 radical (unpaired) electrons. The maximum Gasteiger partial charge on any atom is 0.268 e. The van der Waals surface area contributed by atoms with Crippen molar-refractivity contribution in [2.75, 3.05) is 0 Å². The van der Waals surface area contributed by atoms with Crippen molar-refractivity contribution in [3.63, 3.8) is 0 Å².